The van der Waals surface area contributed by atoms with E-state index in [0.717, 1.165) is 16.7 Å². The number of hydrogen-bond acceptors (Lipinski definition) is 4. The summed E-state index contributed by atoms with van der Waals surface area (Å²) < 4.78 is 5.32. The molecule has 4 N–H and O–H groups in total. The van der Waals surface area contributed by atoms with E-state index in [1.807, 2.05) is 37.3 Å². The smallest absolute Gasteiger partial charge is 0.224 e. The van der Waals surface area contributed by atoms with Gasteiger partial charge in [0.2, 0.25) is 5.91 Å². The van der Waals surface area contributed by atoms with Gasteiger partial charge in [0.1, 0.15) is 0 Å². The van der Waals surface area contributed by atoms with E-state index in [2.05, 4.69) is 15.3 Å². The second-order valence-electron chi connectivity index (χ2n) is 5.36. The number of H-pyrrole nitrogens is 1. The molecule has 8 heteroatoms. The van der Waals surface area contributed by atoms with Crippen molar-refractivity contribution in [3.05, 3.63) is 36.6 Å². The summed E-state index contributed by atoms with van der Waals surface area (Å²) in [7, 11) is 0. The molecule has 0 aliphatic heterocycles. The molecule has 3 rings (SSSR count). The van der Waals surface area contributed by atoms with Crippen LogP contribution in [0.4, 0.5) is 5.69 Å². The Morgan fingerprint density at radius 1 is 1.38 bits per heavy atom. The van der Waals surface area contributed by atoms with E-state index in [1.165, 1.54) is 0 Å². The lowest BCUT2D eigenvalue weighted by atomic mass is 10.2. The normalized spacial score (nSPS) is 11.4. The predicted molar refractivity (Wildman–Crippen MR) is 99.8 cm³/mol. The summed E-state index contributed by atoms with van der Waals surface area (Å²) >= 11 is 0. The minimum atomic E-state index is -0.0394. The molecule has 0 saturated carbocycles. The molecule has 0 spiro atoms. The van der Waals surface area contributed by atoms with Gasteiger partial charge in [-0.25, -0.2) is 4.98 Å². The summed E-state index contributed by atoms with van der Waals surface area (Å²) in [5.74, 6) is 1.31. The van der Waals surface area contributed by atoms with Crippen LogP contribution >= 0.6 is 24.8 Å². The Balaban J connectivity index is 0.00000144. The first-order valence-corrected chi connectivity index (χ1v) is 7.21. The summed E-state index contributed by atoms with van der Waals surface area (Å²) in [5, 5.41) is 2.87. The molecule has 130 valence electrons. The monoisotopic (exact) mass is 370 g/mol. The van der Waals surface area contributed by atoms with Crippen LogP contribution in [0.15, 0.2) is 41.0 Å². The molecular weight excluding hydrogens is 351 g/mol. The predicted octanol–water partition coefficient (Wildman–Crippen LogP) is 3.73. The summed E-state index contributed by atoms with van der Waals surface area (Å²) in [6.07, 6.45) is 2.68. The van der Waals surface area contributed by atoms with Gasteiger partial charge in [-0.1, -0.05) is 0 Å². The maximum atomic E-state index is 11.8. The molecule has 2 aromatic heterocycles. The van der Waals surface area contributed by atoms with Gasteiger partial charge in [-0.05, 0) is 43.7 Å². The SMILES string of the molecule is CC(N)CCC(=O)Nc1ccc2nc(-c3ccco3)[nH]c2c1.Cl.Cl. The largest absolute Gasteiger partial charge is 0.461 e. The van der Waals surface area contributed by atoms with E-state index in [0.29, 0.717) is 24.4 Å². The summed E-state index contributed by atoms with van der Waals surface area (Å²) in [6.45, 7) is 1.89. The van der Waals surface area contributed by atoms with Crippen molar-refractivity contribution >= 4 is 47.4 Å². The van der Waals surface area contributed by atoms with Crippen molar-refractivity contribution in [2.75, 3.05) is 5.32 Å². The fourth-order valence-electron chi connectivity index (χ4n) is 2.20. The second kappa shape index (κ2) is 8.73. The van der Waals surface area contributed by atoms with E-state index in [-0.39, 0.29) is 36.8 Å². The fourth-order valence-corrected chi connectivity index (χ4v) is 2.20. The van der Waals surface area contributed by atoms with Gasteiger partial charge in [-0.15, -0.1) is 24.8 Å². The molecule has 1 unspecified atom stereocenters. The minimum absolute atomic E-state index is 0. The van der Waals surface area contributed by atoms with Crippen LogP contribution in [0, 0.1) is 0 Å². The highest BCUT2D eigenvalue weighted by atomic mass is 35.5. The standard InChI is InChI=1S/C16H18N4O2.2ClH/c1-10(17)4-7-15(21)18-11-5-6-12-13(9-11)20-16(19-12)14-3-2-8-22-14;;/h2-3,5-6,8-10H,4,7,17H2,1H3,(H,18,21)(H,19,20);2*1H. The van der Waals surface area contributed by atoms with Crippen LogP contribution in [-0.4, -0.2) is 21.9 Å². The van der Waals surface area contributed by atoms with Crippen LogP contribution in [-0.2, 0) is 4.79 Å². The van der Waals surface area contributed by atoms with E-state index >= 15 is 0 Å². The number of aromatic amines is 1. The first-order chi connectivity index (χ1) is 10.6. The average Bonchev–Trinajstić information content (AvgIpc) is 3.13. The van der Waals surface area contributed by atoms with Crippen molar-refractivity contribution in [1.29, 1.82) is 0 Å². The van der Waals surface area contributed by atoms with Gasteiger partial charge >= 0.3 is 0 Å². The number of benzene rings is 1. The highest BCUT2D eigenvalue weighted by Gasteiger charge is 2.09. The topological polar surface area (TPSA) is 96.9 Å². The number of carbonyl (C=O) groups excluding carboxylic acids is 1. The van der Waals surface area contributed by atoms with Crippen LogP contribution in [0.25, 0.3) is 22.6 Å². The number of hydrogen-bond donors (Lipinski definition) is 3. The van der Waals surface area contributed by atoms with Crippen LogP contribution in [0.3, 0.4) is 0 Å². The zero-order valence-corrected chi connectivity index (χ0v) is 14.7. The highest BCUT2D eigenvalue weighted by Crippen LogP contribution is 2.23. The third-order valence-corrected chi connectivity index (χ3v) is 3.35. The van der Waals surface area contributed by atoms with Crippen molar-refractivity contribution in [2.24, 2.45) is 5.73 Å². The molecule has 1 amide bonds. The molecule has 0 radical (unpaired) electrons. The third kappa shape index (κ3) is 4.74. The summed E-state index contributed by atoms with van der Waals surface area (Å²) in [6, 6.07) is 9.23. The van der Waals surface area contributed by atoms with Crippen molar-refractivity contribution < 1.29 is 9.21 Å². The molecule has 0 fully saturated rings. The van der Waals surface area contributed by atoms with Crippen molar-refractivity contribution in [3.8, 4) is 11.6 Å². The number of rotatable bonds is 5. The molecule has 6 nitrogen and oxygen atoms in total. The summed E-state index contributed by atoms with van der Waals surface area (Å²) in [5.41, 5.74) is 8.05. The number of carbonyl (C=O) groups is 1. The van der Waals surface area contributed by atoms with Crippen LogP contribution in [0.2, 0.25) is 0 Å². The van der Waals surface area contributed by atoms with Gasteiger partial charge < -0.3 is 20.5 Å². The van der Waals surface area contributed by atoms with Gasteiger partial charge in [0.25, 0.3) is 0 Å². The van der Waals surface area contributed by atoms with Gasteiger partial charge in [0.05, 0.1) is 17.3 Å². The number of imidazole rings is 1. The molecule has 2 heterocycles. The van der Waals surface area contributed by atoms with Crippen LogP contribution in [0.1, 0.15) is 19.8 Å². The molecule has 0 aliphatic carbocycles. The summed E-state index contributed by atoms with van der Waals surface area (Å²) in [4.78, 5) is 19.5. The number of amides is 1. The number of aromatic nitrogens is 2. The fraction of sp³-hybridized carbons (Fsp3) is 0.250. The Morgan fingerprint density at radius 3 is 2.83 bits per heavy atom. The number of furan rings is 1. The molecule has 0 saturated heterocycles. The second-order valence-corrected chi connectivity index (χ2v) is 5.36. The van der Waals surface area contributed by atoms with Crippen molar-refractivity contribution in [2.45, 2.75) is 25.8 Å². The Labute approximate surface area is 152 Å². The lowest BCUT2D eigenvalue weighted by Crippen LogP contribution is -2.19. The average molecular weight is 371 g/mol. The Hall–Kier alpha value is -2.02. The van der Waals surface area contributed by atoms with Crippen LogP contribution in [0.5, 0.6) is 0 Å². The van der Waals surface area contributed by atoms with Gasteiger partial charge in [0.15, 0.2) is 11.6 Å². The Bertz CT molecular complexity index is 785. The van der Waals surface area contributed by atoms with Gasteiger partial charge in [0, 0.05) is 18.2 Å². The molecule has 1 aromatic carbocycles. The number of nitrogens with zero attached hydrogens (tertiary/aromatic N) is 1. The number of anilines is 1. The lowest BCUT2D eigenvalue weighted by molar-refractivity contribution is -0.116. The van der Waals surface area contributed by atoms with Gasteiger partial charge in [-0.2, -0.15) is 0 Å². The quantitative estimate of drug-likeness (QED) is 0.637. The number of fused-ring (bicyclic) bond motifs is 1. The molecule has 0 bridgehead atoms. The molecule has 24 heavy (non-hydrogen) atoms. The maximum absolute atomic E-state index is 11.8. The number of halogens is 2. The molecule has 0 aliphatic rings. The first-order valence-electron chi connectivity index (χ1n) is 7.21. The first kappa shape index (κ1) is 20.0. The van der Waals surface area contributed by atoms with Crippen molar-refractivity contribution in [3.63, 3.8) is 0 Å². The van der Waals surface area contributed by atoms with Gasteiger partial charge in [-0.3, -0.25) is 4.79 Å². The Kier molecular flexibility index (Phi) is 7.28. The number of nitrogens with two attached hydrogens (primary N) is 1. The Morgan fingerprint density at radius 2 is 2.17 bits per heavy atom. The molecule has 3 aromatic rings. The van der Waals surface area contributed by atoms with E-state index in [1.54, 1.807) is 6.26 Å². The molecular formula is C16H20Cl2N4O2. The maximum Gasteiger partial charge on any atom is 0.224 e. The zero-order valence-electron chi connectivity index (χ0n) is 13.1. The lowest BCUT2D eigenvalue weighted by Gasteiger charge is -2.06. The van der Waals surface area contributed by atoms with E-state index < -0.39 is 0 Å². The van der Waals surface area contributed by atoms with Crippen LogP contribution < -0.4 is 11.1 Å². The third-order valence-electron chi connectivity index (χ3n) is 3.35. The van der Waals surface area contributed by atoms with E-state index in [9.17, 15) is 4.79 Å². The highest BCUT2D eigenvalue weighted by molar-refractivity contribution is 5.93. The minimum Gasteiger partial charge on any atom is -0.461 e. The van der Waals surface area contributed by atoms with Crippen molar-refractivity contribution in [1.82, 2.24) is 9.97 Å². The van der Waals surface area contributed by atoms with E-state index in [4.69, 9.17) is 10.2 Å². The molecule has 1 atom stereocenters. The number of nitrogens with one attached hydrogen (secondary N) is 2. The zero-order chi connectivity index (χ0) is 15.5.